The van der Waals surface area contributed by atoms with E-state index in [-0.39, 0.29) is 40.7 Å². The largest absolute Gasteiger partial charge is 0.440 e. The van der Waals surface area contributed by atoms with Gasteiger partial charge in [-0.15, -0.1) is 0 Å². The molecule has 3 heterocycles. The molecule has 0 aliphatic carbocycles. The van der Waals surface area contributed by atoms with Gasteiger partial charge in [-0.05, 0) is 31.2 Å². The van der Waals surface area contributed by atoms with E-state index in [1.807, 2.05) is 4.90 Å². The van der Waals surface area contributed by atoms with Crippen LogP contribution >= 0.6 is 0 Å². The number of fused-ring (bicyclic) bond motifs is 1. The average Bonchev–Trinajstić information content (AvgIpc) is 2.81. The molecule has 1 amide bonds. The van der Waals surface area contributed by atoms with Crippen LogP contribution < -0.4 is 15.6 Å². The standard InChI is InChI=1S/C25H24F3N3O4/c1-14(29-19-9-16(26)8-17(27)10-19)20-6-15(25(33)31-12-18(28)13-31)7-21-22(32)11-23(35-24(20)21)30-2-4-34-5-3-30/h6-11,14,18,29H,2-5,12-13H2,1H3. The van der Waals surface area contributed by atoms with E-state index in [4.69, 9.17) is 9.15 Å². The van der Waals surface area contributed by atoms with Crippen LogP contribution in [0.3, 0.4) is 0 Å². The predicted molar refractivity (Wildman–Crippen MR) is 125 cm³/mol. The van der Waals surface area contributed by atoms with E-state index in [0.717, 1.165) is 18.2 Å². The molecule has 10 heteroatoms. The summed E-state index contributed by atoms with van der Waals surface area (Å²) < 4.78 is 52.4. The highest BCUT2D eigenvalue weighted by atomic mass is 19.1. The van der Waals surface area contributed by atoms with Crippen molar-refractivity contribution in [2.75, 3.05) is 49.6 Å². The number of halogens is 3. The highest BCUT2D eigenvalue weighted by molar-refractivity contribution is 5.99. The second-order valence-electron chi connectivity index (χ2n) is 8.82. The molecule has 1 unspecified atom stereocenters. The maximum Gasteiger partial charge on any atom is 0.254 e. The van der Waals surface area contributed by atoms with Crippen LogP contribution in [0, 0.1) is 11.6 Å². The van der Waals surface area contributed by atoms with Crippen LogP contribution in [-0.4, -0.2) is 56.4 Å². The van der Waals surface area contributed by atoms with Gasteiger partial charge in [-0.2, -0.15) is 0 Å². The molecule has 2 aliphatic heterocycles. The zero-order chi connectivity index (χ0) is 24.7. The van der Waals surface area contributed by atoms with Gasteiger partial charge in [0, 0.05) is 42.0 Å². The van der Waals surface area contributed by atoms with Crippen LogP contribution in [-0.2, 0) is 4.74 Å². The summed E-state index contributed by atoms with van der Waals surface area (Å²) in [4.78, 5) is 29.3. The normalized spacial score (nSPS) is 17.4. The minimum absolute atomic E-state index is 0.00679. The maximum atomic E-state index is 13.7. The molecule has 0 spiro atoms. The fraction of sp³-hybridized carbons (Fsp3) is 0.360. The van der Waals surface area contributed by atoms with Gasteiger partial charge in [-0.3, -0.25) is 9.59 Å². The smallest absolute Gasteiger partial charge is 0.254 e. The molecular formula is C25H24F3N3O4. The zero-order valence-corrected chi connectivity index (χ0v) is 19.0. The molecule has 0 saturated carbocycles. The van der Waals surface area contributed by atoms with E-state index in [0.29, 0.717) is 37.8 Å². The number of rotatable bonds is 5. The van der Waals surface area contributed by atoms with E-state index in [2.05, 4.69) is 5.32 Å². The van der Waals surface area contributed by atoms with Crippen molar-refractivity contribution in [3.63, 3.8) is 0 Å². The molecule has 1 atom stereocenters. The van der Waals surface area contributed by atoms with Gasteiger partial charge in [0.15, 0.2) is 11.3 Å². The number of ether oxygens (including phenoxy) is 1. The first kappa shape index (κ1) is 23.2. The van der Waals surface area contributed by atoms with Crippen molar-refractivity contribution in [1.29, 1.82) is 0 Å². The Bertz CT molecular complexity index is 1310. The number of hydrogen-bond acceptors (Lipinski definition) is 6. The minimum Gasteiger partial charge on any atom is -0.440 e. The van der Waals surface area contributed by atoms with E-state index in [1.54, 1.807) is 13.0 Å². The highest BCUT2D eigenvalue weighted by Crippen LogP contribution is 2.31. The molecule has 0 radical (unpaired) electrons. The SMILES string of the molecule is CC(Nc1cc(F)cc(F)c1)c1cc(C(=O)N2CC(F)C2)cc2c(=O)cc(N3CCOCC3)oc12. The van der Waals surface area contributed by atoms with Crippen molar-refractivity contribution >= 4 is 28.4 Å². The van der Waals surface area contributed by atoms with Crippen LogP contribution in [0.2, 0.25) is 0 Å². The Kier molecular flexibility index (Phi) is 6.14. The van der Waals surface area contributed by atoms with Crippen LogP contribution in [0.1, 0.15) is 28.9 Å². The topological polar surface area (TPSA) is 75.0 Å². The number of nitrogens with one attached hydrogen (secondary N) is 1. The summed E-state index contributed by atoms with van der Waals surface area (Å²) in [6.07, 6.45) is -1.07. The lowest BCUT2D eigenvalue weighted by atomic mass is 9.99. The number of amides is 1. The highest BCUT2D eigenvalue weighted by Gasteiger charge is 2.32. The molecule has 2 aromatic carbocycles. The average molecular weight is 487 g/mol. The van der Waals surface area contributed by atoms with Crippen LogP contribution in [0.25, 0.3) is 11.0 Å². The summed E-state index contributed by atoms with van der Waals surface area (Å²) in [5.74, 6) is -1.51. The van der Waals surface area contributed by atoms with Gasteiger partial charge in [-0.1, -0.05) is 0 Å². The number of morpholine rings is 1. The molecule has 35 heavy (non-hydrogen) atoms. The Labute approximate surface area is 199 Å². The Morgan fingerprint density at radius 2 is 1.74 bits per heavy atom. The van der Waals surface area contributed by atoms with Gasteiger partial charge in [0.05, 0.1) is 37.7 Å². The van der Waals surface area contributed by atoms with E-state index in [1.165, 1.54) is 17.0 Å². The second-order valence-corrected chi connectivity index (χ2v) is 8.82. The first-order valence-corrected chi connectivity index (χ1v) is 11.4. The van der Waals surface area contributed by atoms with E-state index < -0.39 is 29.8 Å². The lowest BCUT2D eigenvalue weighted by molar-refractivity contribution is 0.0400. The maximum absolute atomic E-state index is 13.7. The molecule has 0 bridgehead atoms. The van der Waals surface area contributed by atoms with E-state index >= 15 is 0 Å². The third-order valence-electron chi connectivity index (χ3n) is 6.25. The molecule has 184 valence electrons. The number of hydrogen-bond donors (Lipinski definition) is 1. The molecular weight excluding hydrogens is 463 g/mol. The van der Waals surface area contributed by atoms with Crippen LogP contribution in [0.4, 0.5) is 24.7 Å². The second kappa shape index (κ2) is 9.26. The number of benzene rings is 2. The van der Waals surface area contributed by atoms with Crippen molar-refractivity contribution in [1.82, 2.24) is 4.90 Å². The first-order valence-electron chi connectivity index (χ1n) is 11.4. The Morgan fingerprint density at radius 1 is 1.06 bits per heavy atom. The summed E-state index contributed by atoms with van der Waals surface area (Å²) in [6, 6.07) is 6.88. The fourth-order valence-corrected chi connectivity index (χ4v) is 4.39. The van der Waals surface area contributed by atoms with E-state index in [9.17, 15) is 22.8 Å². The van der Waals surface area contributed by atoms with Gasteiger partial charge >= 0.3 is 0 Å². The Balaban J connectivity index is 1.60. The number of nitrogens with zero attached hydrogens (tertiary/aromatic N) is 2. The van der Waals surface area contributed by atoms with Gasteiger partial charge in [-0.25, -0.2) is 13.2 Å². The molecule has 2 saturated heterocycles. The molecule has 1 aromatic heterocycles. The minimum atomic E-state index is -1.07. The Morgan fingerprint density at radius 3 is 2.40 bits per heavy atom. The summed E-state index contributed by atoms with van der Waals surface area (Å²) in [7, 11) is 0. The van der Waals surface area contributed by atoms with Gasteiger partial charge in [0.1, 0.15) is 23.4 Å². The summed E-state index contributed by atoms with van der Waals surface area (Å²) in [5.41, 5.74) is 0.790. The zero-order valence-electron chi connectivity index (χ0n) is 19.0. The third-order valence-corrected chi connectivity index (χ3v) is 6.25. The summed E-state index contributed by atoms with van der Waals surface area (Å²) >= 11 is 0. The number of anilines is 2. The summed E-state index contributed by atoms with van der Waals surface area (Å²) in [5, 5.41) is 3.21. The monoisotopic (exact) mass is 487 g/mol. The quantitative estimate of drug-likeness (QED) is 0.589. The molecule has 1 N–H and O–H groups in total. The Hall–Kier alpha value is -3.53. The summed E-state index contributed by atoms with van der Waals surface area (Å²) in [6.45, 7) is 3.81. The molecule has 3 aromatic rings. The fourth-order valence-electron chi connectivity index (χ4n) is 4.39. The number of likely N-dealkylation sites (tertiary alicyclic amines) is 1. The predicted octanol–water partition coefficient (Wildman–Crippen LogP) is 3.87. The molecule has 5 rings (SSSR count). The van der Waals surface area contributed by atoms with Crippen molar-refractivity contribution in [3.8, 4) is 0 Å². The lowest BCUT2D eigenvalue weighted by Gasteiger charge is -2.34. The van der Waals surface area contributed by atoms with Gasteiger partial charge in [0.2, 0.25) is 0 Å². The molecule has 2 fully saturated rings. The van der Waals surface area contributed by atoms with Crippen LogP contribution in [0.5, 0.6) is 0 Å². The third kappa shape index (κ3) is 4.70. The number of carbonyl (C=O) groups is 1. The number of carbonyl (C=O) groups excluding carboxylic acids is 1. The molecule has 7 nitrogen and oxygen atoms in total. The molecule has 2 aliphatic rings. The van der Waals surface area contributed by atoms with Gasteiger partial charge < -0.3 is 24.3 Å². The first-order chi connectivity index (χ1) is 16.8. The van der Waals surface area contributed by atoms with Crippen LogP contribution in [0.15, 0.2) is 45.6 Å². The van der Waals surface area contributed by atoms with Crippen molar-refractivity contribution in [3.05, 3.63) is 69.4 Å². The van der Waals surface area contributed by atoms with Crippen molar-refractivity contribution in [2.45, 2.75) is 19.1 Å². The number of alkyl halides is 1. The van der Waals surface area contributed by atoms with Crippen molar-refractivity contribution < 1.29 is 27.1 Å². The van der Waals surface area contributed by atoms with Gasteiger partial charge in [0.25, 0.3) is 5.91 Å². The van der Waals surface area contributed by atoms with Crippen molar-refractivity contribution in [2.24, 2.45) is 0 Å². The lowest BCUT2D eigenvalue weighted by Crippen LogP contribution is -2.51.